The van der Waals surface area contributed by atoms with Crippen molar-refractivity contribution in [2.45, 2.75) is 53.0 Å². The summed E-state index contributed by atoms with van der Waals surface area (Å²) in [5.41, 5.74) is 2.17. The van der Waals surface area contributed by atoms with Crippen molar-refractivity contribution in [2.75, 3.05) is 19.8 Å². The highest BCUT2D eigenvalue weighted by molar-refractivity contribution is 6.46. The second kappa shape index (κ2) is 11.0. The van der Waals surface area contributed by atoms with Crippen LogP contribution in [0.4, 0.5) is 0 Å². The number of ether oxygens (including phenoxy) is 2. The molecule has 1 amide bonds. The lowest BCUT2D eigenvalue weighted by Crippen LogP contribution is -2.30. The van der Waals surface area contributed by atoms with Crippen molar-refractivity contribution in [3.05, 3.63) is 64.7 Å². The first-order valence-electron chi connectivity index (χ1n) is 11.7. The van der Waals surface area contributed by atoms with E-state index in [-0.39, 0.29) is 11.3 Å². The molecule has 1 atom stereocenters. The zero-order valence-electron chi connectivity index (χ0n) is 19.9. The highest BCUT2D eigenvalue weighted by atomic mass is 16.5. The molecule has 0 spiro atoms. The fourth-order valence-electron chi connectivity index (χ4n) is 4.05. The second-order valence-electron chi connectivity index (χ2n) is 8.18. The Labute approximate surface area is 195 Å². The van der Waals surface area contributed by atoms with Crippen molar-refractivity contribution in [3.8, 4) is 11.5 Å². The van der Waals surface area contributed by atoms with Gasteiger partial charge in [0.2, 0.25) is 0 Å². The molecule has 0 saturated carbocycles. The van der Waals surface area contributed by atoms with Crippen molar-refractivity contribution in [1.82, 2.24) is 4.90 Å². The molecule has 1 N–H and O–H groups in total. The zero-order chi connectivity index (χ0) is 24.0. The van der Waals surface area contributed by atoms with Crippen molar-refractivity contribution in [3.63, 3.8) is 0 Å². The van der Waals surface area contributed by atoms with Gasteiger partial charge in [0.1, 0.15) is 17.3 Å². The van der Waals surface area contributed by atoms with E-state index < -0.39 is 17.7 Å². The largest absolute Gasteiger partial charge is 0.507 e. The third-order valence-electron chi connectivity index (χ3n) is 5.69. The van der Waals surface area contributed by atoms with Crippen LogP contribution in [0.5, 0.6) is 11.5 Å². The summed E-state index contributed by atoms with van der Waals surface area (Å²) in [5, 5.41) is 11.3. The van der Waals surface area contributed by atoms with Crippen molar-refractivity contribution < 1.29 is 24.2 Å². The number of aliphatic hydroxyl groups excluding tert-OH is 1. The number of likely N-dealkylation sites (tertiary alicyclic amines) is 1. The lowest BCUT2D eigenvalue weighted by molar-refractivity contribution is -0.139. The smallest absolute Gasteiger partial charge is 0.295 e. The minimum absolute atomic E-state index is 0.103. The number of aryl methyl sites for hydroxylation is 1. The predicted molar refractivity (Wildman–Crippen MR) is 128 cm³/mol. The number of unbranched alkanes of at least 4 members (excludes halogenated alkanes) is 1. The zero-order valence-corrected chi connectivity index (χ0v) is 19.9. The summed E-state index contributed by atoms with van der Waals surface area (Å²) in [6.45, 7) is 9.40. The molecule has 2 aromatic carbocycles. The van der Waals surface area contributed by atoms with Gasteiger partial charge in [-0.2, -0.15) is 0 Å². The minimum atomic E-state index is -0.673. The number of rotatable bonds is 10. The SMILES string of the molecule is CCCCN1C(=O)C(=O)/C(=C(/O)c2ccc(OCCC)c(C)c2)C1c1cccc(OCC)c1. The van der Waals surface area contributed by atoms with Crippen LogP contribution in [0.25, 0.3) is 5.76 Å². The molecule has 33 heavy (non-hydrogen) atoms. The number of Topliss-reactive ketones (excluding diaryl/α,β-unsaturated/α-hetero) is 1. The van der Waals surface area contributed by atoms with Gasteiger partial charge in [-0.1, -0.05) is 32.4 Å². The van der Waals surface area contributed by atoms with Crippen molar-refractivity contribution in [2.24, 2.45) is 0 Å². The number of amides is 1. The summed E-state index contributed by atoms with van der Waals surface area (Å²) in [5.74, 6) is -0.0396. The van der Waals surface area contributed by atoms with Crippen LogP contribution in [-0.2, 0) is 9.59 Å². The standard InChI is InChI=1S/C27H33NO5/c1-5-8-14-28-24(19-10-9-11-21(17-19)32-7-3)23(26(30)27(28)31)25(29)20-12-13-22(18(4)16-20)33-15-6-2/h9-13,16-17,24,29H,5-8,14-15H2,1-4H3/b25-23+. The third kappa shape index (κ3) is 5.21. The van der Waals surface area contributed by atoms with E-state index in [1.165, 1.54) is 0 Å². The Kier molecular flexibility index (Phi) is 8.15. The molecule has 1 aliphatic rings. The first-order chi connectivity index (χ1) is 15.9. The number of hydrogen-bond donors (Lipinski definition) is 1. The molecular formula is C27H33NO5. The Bertz CT molecular complexity index is 1040. The maximum Gasteiger partial charge on any atom is 0.295 e. The van der Waals surface area contributed by atoms with Crippen LogP contribution < -0.4 is 9.47 Å². The van der Waals surface area contributed by atoms with E-state index in [9.17, 15) is 14.7 Å². The molecule has 176 valence electrons. The lowest BCUT2D eigenvalue weighted by atomic mass is 9.94. The topological polar surface area (TPSA) is 76.1 Å². The van der Waals surface area contributed by atoms with E-state index in [1.54, 1.807) is 23.1 Å². The summed E-state index contributed by atoms with van der Waals surface area (Å²) >= 11 is 0. The Hall–Kier alpha value is -3.28. The van der Waals surface area contributed by atoms with Crippen LogP contribution in [0.1, 0.15) is 62.8 Å². The Balaban J connectivity index is 2.10. The number of carbonyl (C=O) groups is 2. The van der Waals surface area contributed by atoms with E-state index in [2.05, 4.69) is 0 Å². The molecule has 1 unspecified atom stereocenters. The number of hydrogen-bond acceptors (Lipinski definition) is 5. The van der Waals surface area contributed by atoms with Gasteiger partial charge in [0, 0.05) is 12.1 Å². The first-order valence-corrected chi connectivity index (χ1v) is 11.7. The van der Waals surface area contributed by atoms with Crippen molar-refractivity contribution in [1.29, 1.82) is 0 Å². The molecule has 0 radical (unpaired) electrons. The van der Waals surface area contributed by atoms with Crippen LogP contribution >= 0.6 is 0 Å². The average Bonchev–Trinajstić information content (AvgIpc) is 3.06. The molecular weight excluding hydrogens is 418 g/mol. The molecule has 1 fully saturated rings. The number of benzene rings is 2. The van der Waals surface area contributed by atoms with Gasteiger partial charge in [-0.05, 0) is 68.1 Å². The summed E-state index contributed by atoms with van der Waals surface area (Å²) in [7, 11) is 0. The number of aliphatic hydroxyl groups is 1. The minimum Gasteiger partial charge on any atom is -0.507 e. The van der Waals surface area contributed by atoms with Crippen LogP contribution in [0.2, 0.25) is 0 Å². The molecule has 0 aliphatic carbocycles. The van der Waals surface area contributed by atoms with Gasteiger partial charge in [0.15, 0.2) is 0 Å². The maximum atomic E-state index is 13.1. The first kappa shape index (κ1) is 24.4. The summed E-state index contributed by atoms with van der Waals surface area (Å²) < 4.78 is 11.4. The Morgan fingerprint density at radius 1 is 1.03 bits per heavy atom. The third-order valence-corrected chi connectivity index (χ3v) is 5.69. The van der Waals surface area contributed by atoms with Crippen LogP contribution in [0.3, 0.4) is 0 Å². The van der Waals surface area contributed by atoms with Crippen LogP contribution in [-0.4, -0.2) is 41.5 Å². The normalized spacial score (nSPS) is 17.5. The maximum absolute atomic E-state index is 13.1. The highest BCUT2D eigenvalue weighted by Crippen LogP contribution is 2.40. The molecule has 0 bridgehead atoms. The molecule has 3 rings (SSSR count). The van der Waals surface area contributed by atoms with E-state index in [0.29, 0.717) is 31.1 Å². The molecule has 1 saturated heterocycles. The van der Waals surface area contributed by atoms with E-state index in [4.69, 9.17) is 9.47 Å². The van der Waals surface area contributed by atoms with Gasteiger partial charge >= 0.3 is 0 Å². The molecule has 6 heteroatoms. The van der Waals surface area contributed by atoms with Gasteiger partial charge in [-0.15, -0.1) is 0 Å². The van der Waals surface area contributed by atoms with Gasteiger partial charge in [0.05, 0.1) is 24.8 Å². The van der Waals surface area contributed by atoms with Crippen molar-refractivity contribution >= 4 is 17.4 Å². The molecule has 0 aromatic heterocycles. The summed E-state index contributed by atoms with van der Waals surface area (Å²) in [6, 6.07) is 12.0. The monoisotopic (exact) mass is 451 g/mol. The number of ketones is 1. The highest BCUT2D eigenvalue weighted by Gasteiger charge is 2.45. The number of nitrogens with zero attached hydrogens (tertiary/aromatic N) is 1. The van der Waals surface area contributed by atoms with Crippen LogP contribution in [0.15, 0.2) is 48.0 Å². The van der Waals surface area contributed by atoms with Gasteiger partial charge in [0.25, 0.3) is 11.7 Å². The Morgan fingerprint density at radius 2 is 1.82 bits per heavy atom. The fraction of sp³-hybridized carbons (Fsp3) is 0.407. The molecule has 1 aliphatic heterocycles. The molecule has 6 nitrogen and oxygen atoms in total. The quantitative estimate of drug-likeness (QED) is 0.297. The predicted octanol–water partition coefficient (Wildman–Crippen LogP) is 5.40. The average molecular weight is 452 g/mol. The summed E-state index contributed by atoms with van der Waals surface area (Å²) in [6.07, 6.45) is 2.54. The van der Waals surface area contributed by atoms with E-state index >= 15 is 0 Å². The van der Waals surface area contributed by atoms with Gasteiger partial charge in [-0.3, -0.25) is 9.59 Å². The van der Waals surface area contributed by atoms with E-state index in [1.807, 2.05) is 52.0 Å². The summed E-state index contributed by atoms with van der Waals surface area (Å²) in [4.78, 5) is 27.7. The molecule has 1 heterocycles. The number of carbonyl (C=O) groups excluding carboxylic acids is 2. The van der Waals surface area contributed by atoms with Gasteiger partial charge < -0.3 is 19.5 Å². The van der Waals surface area contributed by atoms with Gasteiger partial charge in [-0.25, -0.2) is 0 Å². The van der Waals surface area contributed by atoms with Crippen LogP contribution in [0, 0.1) is 6.92 Å². The lowest BCUT2D eigenvalue weighted by Gasteiger charge is -2.25. The molecule has 2 aromatic rings. The fourth-order valence-corrected chi connectivity index (χ4v) is 4.05. The second-order valence-corrected chi connectivity index (χ2v) is 8.18. The Morgan fingerprint density at radius 3 is 2.48 bits per heavy atom. The van der Waals surface area contributed by atoms with E-state index in [0.717, 1.165) is 36.1 Å².